The van der Waals surface area contributed by atoms with Crippen molar-refractivity contribution in [1.29, 1.82) is 0 Å². The highest BCUT2D eigenvalue weighted by Crippen LogP contribution is 2.21. The van der Waals surface area contributed by atoms with Gasteiger partial charge in [0.25, 0.3) is 0 Å². The van der Waals surface area contributed by atoms with Crippen LogP contribution in [0.15, 0.2) is 48.8 Å². The lowest BCUT2D eigenvalue weighted by molar-refractivity contribution is -0.123. The number of thioether (sulfide) groups is 1. The number of ketones is 1. The minimum Gasteiger partial charge on any atom is -0.491 e. The van der Waals surface area contributed by atoms with Crippen LogP contribution in [-0.4, -0.2) is 42.1 Å². The number of benzene rings is 1. The number of hydrogen-bond acceptors (Lipinski definition) is 5. The molecular weight excluding hydrogens is 310 g/mol. The fraction of sp³-hybridized carbons (Fsp3) is 0.333. The van der Waals surface area contributed by atoms with Crippen LogP contribution in [-0.2, 0) is 9.53 Å². The van der Waals surface area contributed by atoms with Crippen molar-refractivity contribution in [1.82, 2.24) is 4.98 Å². The average Bonchev–Trinajstić information content (AvgIpc) is 2.61. The molecule has 0 bridgehead atoms. The third kappa shape index (κ3) is 5.69. The van der Waals surface area contributed by atoms with E-state index in [0.717, 1.165) is 16.9 Å². The fourth-order valence-corrected chi connectivity index (χ4v) is 2.26. The molecular formula is C18H21NO3S. The standard InChI is InChI=1S/C18H21NO3S/c1-14(23-2)18(20)13-21-11-12-22-17-5-3-15(4-6-17)16-7-9-19-10-8-16/h3-10,14H,11-13H2,1-2H3. The first-order valence-corrected chi connectivity index (χ1v) is 8.76. The van der Waals surface area contributed by atoms with Gasteiger partial charge in [-0.2, -0.15) is 11.8 Å². The van der Waals surface area contributed by atoms with E-state index in [1.807, 2.05) is 49.6 Å². The molecule has 0 aliphatic carbocycles. The first-order chi connectivity index (χ1) is 11.2. The van der Waals surface area contributed by atoms with Crippen molar-refractivity contribution in [3.8, 4) is 16.9 Å². The van der Waals surface area contributed by atoms with Gasteiger partial charge in [-0.05, 0) is 48.6 Å². The van der Waals surface area contributed by atoms with Gasteiger partial charge in [0.15, 0.2) is 5.78 Å². The monoisotopic (exact) mass is 331 g/mol. The minimum absolute atomic E-state index is 0.0170. The molecule has 1 unspecified atom stereocenters. The van der Waals surface area contributed by atoms with Crippen molar-refractivity contribution >= 4 is 17.5 Å². The zero-order valence-corrected chi connectivity index (χ0v) is 14.2. The predicted molar refractivity (Wildman–Crippen MR) is 94.0 cm³/mol. The van der Waals surface area contributed by atoms with Crippen molar-refractivity contribution in [3.05, 3.63) is 48.8 Å². The van der Waals surface area contributed by atoms with Gasteiger partial charge in [0.1, 0.15) is 19.0 Å². The van der Waals surface area contributed by atoms with Crippen LogP contribution < -0.4 is 4.74 Å². The Hall–Kier alpha value is -1.85. The number of pyridine rings is 1. The molecule has 0 spiro atoms. The molecule has 23 heavy (non-hydrogen) atoms. The normalized spacial score (nSPS) is 11.9. The highest BCUT2D eigenvalue weighted by atomic mass is 32.2. The van der Waals surface area contributed by atoms with E-state index in [4.69, 9.17) is 9.47 Å². The molecule has 0 aliphatic heterocycles. The molecule has 2 aromatic rings. The van der Waals surface area contributed by atoms with Crippen LogP contribution in [0.3, 0.4) is 0 Å². The summed E-state index contributed by atoms with van der Waals surface area (Å²) in [5.41, 5.74) is 2.24. The Morgan fingerprint density at radius 2 is 1.74 bits per heavy atom. The van der Waals surface area contributed by atoms with Crippen LogP contribution in [0.1, 0.15) is 6.92 Å². The van der Waals surface area contributed by atoms with Gasteiger partial charge in [0, 0.05) is 12.4 Å². The molecule has 1 atom stereocenters. The summed E-state index contributed by atoms with van der Waals surface area (Å²) in [6, 6.07) is 11.8. The number of aromatic nitrogens is 1. The van der Waals surface area contributed by atoms with Gasteiger partial charge in [-0.25, -0.2) is 0 Å². The topological polar surface area (TPSA) is 48.4 Å². The second-order valence-corrected chi connectivity index (χ2v) is 6.18. The quantitative estimate of drug-likeness (QED) is 0.659. The van der Waals surface area contributed by atoms with Crippen LogP contribution in [0.25, 0.3) is 11.1 Å². The summed E-state index contributed by atoms with van der Waals surface area (Å²) in [4.78, 5) is 15.6. The van der Waals surface area contributed by atoms with E-state index < -0.39 is 0 Å². The summed E-state index contributed by atoms with van der Waals surface area (Å²) in [7, 11) is 0. The van der Waals surface area contributed by atoms with Crippen LogP contribution in [0.5, 0.6) is 5.75 Å². The third-order valence-electron chi connectivity index (χ3n) is 3.42. The molecule has 0 fully saturated rings. The third-order valence-corrected chi connectivity index (χ3v) is 4.39. The Bertz CT molecular complexity index is 601. The van der Waals surface area contributed by atoms with Gasteiger partial charge in [0.05, 0.1) is 11.9 Å². The highest BCUT2D eigenvalue weighted by Gasteiger charge is 2.10. The van der Waals surface area contributed by atoms with Crippen LogP contribution in [0, 0.1) is 0 Å². The summed E-state index contributed by atoms with van der Waals surface area (Å²) >= 11 is 1.53. The molecule has 0 radical (unpaired) electrons. The van der Waals surface area contributed by atoms with Gasteiger partial charge in [0.2, 0.25) is 0 Å². The number of ether oxygens (including phenoxy) is 2. The molecule has 5 heteroatoms. The second kappa shape index (κ2) is 9.33. The number of nitrogens with zero attached hydrogens (tertiary/aromatic N) is 1. The van der Waals surface area contributed by atoms with E-state index in [1.165, 1.54) is 11.8 Å². The summed E-state index contributed by atoms with van der Waals surface area (Å²) in [5.74, 6) is 0.898. The van der Waals surface area contributed by atoms with E-state index >= 15 is 0 Å². The lowest BCUT2D eigenvalue weighted by Gasteiger charge is -2.09. The fourth-order valence-electron chi connectivity index (χ4n) is 1.93. The molecule has 1 heterocycles. The Kier molecular flexibility index (Phi) is 7.10. The van der Waals surface area contributed by atoms with Gasteiger partial charge in [-0.3, -0.25) is 9.78 Å². The van der Waals surface area contributed by atoms with Crippen molar-refractivity contribution in [2.24, 2.45) is 0 Å². The number of Topliss-reactive ketones (excluding diaryl/α,β-unsaturated/α-hetero) is 1. The Morgan fingerprint density at radius 1 is 1.09 bits per heavy atom. The maximum Gasteiger partial charge on any atom is 0.171 e. The van der Waals surface area contributed by atoms with E-state index in [9.17, 15) is 4.79 Å². The van der Waals surface area contributed by atoms with Crippen molar-refractivity contribution in [2.45, 2.75) is 12.2 Å². The highest BCUT2D eigenvalue weighted by molar-refractivity contribution is 7.99. The first kappa shape index (κ1) is 17.5. The van der Waals surface area contributed by atoms with Gasteiger partial charge >= 0.3 is 0 Å². The van der Waals surface area contributed by atoms with Gasteiger partial charge in [-0.15, -0.1) is 0 Å². The molecule has 0 aliphatic rings. The molecule has 122 valence electrons. The van der Waals surface area contributed by atoms with Gasteiger partial charge in [-0.1, -0.05) is 12.1 Å². The SMILES string of the molecule is CSC(C)C(=O)COCCOc1ccc(-c2ccncc2)cc1. The summed E-state index contributed by atoms with van der Waals surface area (Å²) in [6.07, 6.45) is 5.47. The number of carbonyl (C=O) groups excluding carboxylic acids is 1. The summed E-state index contributed by atoms with van der Waals surface area (Å²) < 4.78 is 10.9. The average molecular weight is 331 g/mol. The maximum atomic E-state index is 11.6. The van der Waals surface area contributed by atoms with E-state index in [0.29, 0.717) is 13.2 Å². The number of hydrogen-bond donors (Lipinski definition) is 0. The molecule has 0 saturated heterocycles. The van der Waals surface area contributed by atoms with Crippen LogP contribution >= 0.6 is 11.8 Å². The summed E-state index contributed by atoms with van der Waals surface area (Å²) in [5, 5.41) is -0.0170. The largest absolute Gasteiger partial charge is 0.491 e. The van der Waals surface area contributed by atoms with Crippen molar-refractivity contribution in [2.75, 3.05) is 26.1 Å². The second-order valence-electron chi connectivity index (χ2n) is 5.01. The van der Waals surface area contributed by atoms with Crippen LogP contribution in [0.2, 0.25) is 0 Å². The minimum atomic E-state index is -0.0170. The maximum absolute atomic E-state index is 11.6. The number of carbonyl (C=O) groups is 1. The molecule has 0 N–H and O–H groups in total. The lowest BCUT2D eigenvalue weighted by Crippen LogP contribution is -2.20. The molecule has 4 nitrogen and oxygen atoms in total. The first-order valence-electron chi connectivity index (χ1n) is 7.47. The molecule has 0 saturated carbocycles. The van der Waals surface area contributed by atoms with E-state index in [2.05, 4.69) is 4.98 Å². The number of rotatable bonds is 9. The lowest BCUT2D eigenvalue weighted by atomic mass is 10.1. The van der Waals surface area contributed by atoms with Gasteiger partial charge < -0.3 is 9.47 Å². The van der Waals surface area contributed by atoms with E-state index in [-0.39, 0.29) is 17.6 Å². The van der Waals surface area contributed by atoms with E-state index in [1.54, 1.807) is 12.4 Å². The van der Waals surface area contributed by atoms with Crippen LogP contribution in [0.4, 0.5) is 0 Å². The van der Waals surface area contributed by atoms with Crippen molar-refractivity contribution in [3.63, 3.8) is 0 Å². The predicted octanol–water partition coefficient (Wildman–Crippen LogP) is 3.46. The molecule has 1 aromatic heterocycles. The molecule has 2 rings (SSSR count). The van der Waals surface area contributed by atoms with Crippen molar-refractivity contribution < 1.29 is 14.3 Å². The zero-order chi connectivity index (χ0) is 16.5. The Labute approximate surface area is 141 Å². The molecule has 1 aromatic carbocycles. The Balaban J connectivity index is 1.72. The zero-order valence-electron chi connectivity index (χ0n) is 13.4. The Morgan fingerprint density at radius 3 is 2.39 bits per heavy atom. The smallest absolute Gasteiger partial charge is 0.171 e. The summed E-state index contributed by atoms with van der Waals surface area (Å²) in [6.45, 7) is 2.86. The molecule has 0 amide bonds.